The SMILES string of the molecule is COc1ccc(CN(Cc2ccc(OC)cc2)c2nc(Cl)nc3c2CC(=O)N3C(C)C)cc1. The molecule has 0 radical (unpaired) electrons. The van der Waals surface area contributed by atoms with Gasteiger partial charge in [0.1, 0.15) is 23.1 Å². The van der Waals surface area contributed by atoms with E-state index in [4.69, 9.17) is 21.1 Å². The molecule has 2 aromatic carbocycles. The smallest absolute Gasteiger partial charge is 0.233 e. The van der Waals surface area contributed by atoms with Crippen LogP contribution in [0.2, 0.25) is 5.28 Å². The number of nitrogens with zero attached hydrogens (tertiary/aromatic N) is 4. The van der Waals surface area contributed by atoms with Gasteiger partial charge in [0.15, 0.2) is 0 Å². The molecule has 1 aliphatic rings. The molecule has 1 aromatic heterocycles. The van der Waals surface area contributed by atoms with Gasteiger partial charge >= 0.3 is 0 Å². The number of aromatic nitrogens is 2. The highest BCUT2D eigenvalue weighted by Crippen LogP contribution is 2.37. The minimum absolute atomic E-state index is 0.00617. The summed E-state index contributed by atoms with van der Waals surface area (Å²) in [6.07, 6.45) is 0.252. The first-order valence-electron chi connectivity index (χ1n) is 10.8. The molecule has 0 N–H and O–H groups in total. The van der Waals surface area contributed by atoms with Crippen molar-refractivity contribution in [3.63, 3.8) is 0 Å². The van der Waals surface area contributed by atoms with E-state index in [-0.39, 0.29) is 23.7 Å². The lowest BCUT2D eigenvalue weighted by Crippen LogP contribution is -2.34. The van der Waals surface area contributed by atoms with Crippen LogP contribution in [0, 0.1) is 0 Å². The summed E-state index contributed by atoms with van der Waals surface area (Å²) in [5.41, 5.74) is 2.97. The Hall–Kier alpha value is -3.32. The second kappa shape index (κ2) is 9.67. The third-order valence-electron chi connectivity index (χ3n) is 5.64. The van der Waals surface area contributed by atoms with Crippen LogP contribution >= 0.6 is 11.6 Å². The van der Waals surface area contributed by atoms with Gasteiger partial charge in [-0.2, -0.15) is 4.98 Å². The summed E-state index contributed by atoms with van der Waals surface area (Å²) in [6.45, 7) is 5.09. The van der Waals surface area contributed by atoms with Crippen molar-refractivity contribution >= 4 is 29.1 Å². The number of carbonyl (C=O) groups excluding carboxylic acids is 1. The van der Waals surface area contributed by atoms with Gasteiger partial charge in [-0.05, 0) is 60.8 Å². The largest absolute Gasteiger partial charge is 0.497 e. The van der Waals surface area contributed by atoms with E-state index in [0.29, 0.717) is 24.7 Å². The summed E-state index contributed by atoms with van der Waals surface area (Å²) in [7, 11) is 3.29. The van der Waals surface area contributed by atoms with Crippen LogP contribution in [-0.4, -0.2) is 36.1 Å². The lowest BCUT2D eigenvalue weighted by molar-refractivity contribution is -0.117. The van der Waals surface area contributed by atoms with Crippen LogP contribution in [0.15, 0.2) is 48.5 Å². The number of fused-ring (bicyclic) bond motifs is 1. The van der Waals surface area contributed by atoms with E-state index in [2.05, 4.69) is 14.9 Å². The van der Waals surface area contributed by atoms with Crippen molar-refractivity contribution in [1.29, 1.82) is 0 Å². The number of benzene rings is 2. The van der Waals surface area contributed by atoms with Crippen LogP contribution in [-0.2, 0) is 24.3 Å². The van der Waals surface area contributed by atoms with Gasteiger partial charge in [-0.25, -0.2) is 4.98 Å². The maximum Gasteiger partial charge on any atom is 0.233 e. The summed E-state index contributed by atoms with van der Waals surface area (Å²) >= 11 is 6.36. The molecule has 7 nitrogen and oxygen atoms in total. The molecule has 2 heterocycles. The number of anilines is 2. The third kappa shape index (κ3) is 4.88. The maximum absolute atomic E-state index is 12.8. The zero-order valence-electron chi connectivity index (χ0n) is 19.2. The summed E-state index contributed by atoms with van der Waals surface area (Å²) in [5, 5.41) is 0.124. The van der Waals surface area contributed by atoms with Gasteiger partial charge < -0.3 is 14.4 Å². The highest BCUT2D eigenvalue weighted by atomic mass is 35.5. The Morgan fingerprint density at radius 3 is 1.91 bits per heavy atom. The molecule has 0 fully saturated rings. The second-order valence-corrected chi connectivity index (χ2v) is 8.54. The molecule has 4 rings (SSSR count). The van der Waals surface area contributed by atoms with E-state index in [9.17, 15) is 4.79 Å². The molecule has 172 valence electrons. The summed E-state index contributed by atoms with van der Waals surface area (Å²) < 4.78 is 10.6. The molecule has 0 spiro atoms. The van der Waals surface area contributed by atoms with Gasteiger partial charge in [-0.1, -0.05) is 24.3 Å². The number of halogens is 1. The first-order chi connectivity index (χ1) is 15.9. The number of hydrogen-bond acceptors (Lipinski definition) is 6. The molecule has 1 aliphatic heterocycles. The van der Waals surface area contributed by atoms with Crippen LogP contribution in [0.25, 0.3) is 0 Å². The fourth-order valence-corrected chi connectivity index (χ4v) is 4.21. The molecular formula is C25H27ClN4O3. The van der Waals surface area contributed by atoms with E-state index >= 15 is 0 Å². The Balaban J connectivity index is 1.75. The molecule has 8 heteroatoms. The van der Waals surface area contributed by atoms with E-state index in [1.54, 1.807) is 19.1 Å². The quantitative estimate of drug-likeness (QED) is 0.450. The van der Waals surface area contributed by atoms with Gasteiger partial charge in [0.25, 0.3) is 0 Å². The average molecular weight is 467 g/mol. The predicted octanol–water partition coefficient (Wildman–Crippen LogP) is 4.65. The van der Waals surface area contributed by atoms with Crippen LogP contribution < -0.4 is 19.3 Å². The minimum atomic E-state index is -0.0193. The zero-order valence-corrected chi connectivity index (χ0v) is 20.0. The lowest BCUT2D eigenvalue weighted by atomic mass is 10.1. The van der Waals surface area contributed by atoms with E-state index in [1.165, 1.54) is 0 Å². The number of rotatable bonds is 8. The molecule has 3 aromatic rings. The Bertz CT molecular complexity index is 1080. The number of hydrogen-bond donors (Lipinski definition) is 0. The second-order valence-electron chi connectivity index (χ2n) is 8.20. The molecule has 1 amide bonds. The molecule has 0 saturated heterocycles. The molecule has 0 atom stereocenters. The third-order valence-corrected chi connectivity index (χ3v) is 5.81. The predicted molar refractivity (Wildman–Crippen MR) is 129 cm³/mol. The summed E-state index contributed by atoms with van der Waals surface area (Å²) in [6, 6.07) is 15.8. The van der Waals surface area contributed by atoms with Crippen molar-refractivity contribution in [2.24, 2.45) is 0 Å². The van der Waals surface area contributed by atoms with E-state index in [1.807, 2.05) is 62.4 Å². The van der Waals surface area contributed by atoms with E-state index < -0.39 is 0 Å². The normalized spacial score (nSPS) is 12.8. The highest BCUT2D eigenvalue weighted by molar-refractivity contribution is 6.28. The molecule has 0 aliphatic carbocycles. The summed E-state index contributed by atoms with van der Waals surface area (Å²) in [4.78, 5) is 25.6. The fourth-order valence-electron chi connectivity index (χ4n) is 4.05. The van der Waals surface area contributed by atoms with Crippen LogP contribution in [0.1, 0.15) is 30.5 Å². The minimum Gasteiger partial charge on any atom is -0.497 e. The van der Waals surface area contributed by atoms with Gasteiger partial charge in [-0.15, -0.1) is 0 Å². The van der Waals surface area contributed by atoms with Crippen LogP contribution in [0.5, 0.6) is 11.5 Å². The lowest BCUT2D eigenvalue weighted by Gasteiger charge is -2.27. The molecule has 33 heavy (non-hydrogen) atoms. The Morgan fingerprint density at radius 2 is 1.45 bits per heavy atom. The molecule has 0 bridgehead atoms. The first kappa shape index (κ1) is 22.9. The van der Waals surface area contributed by atoms with Gasteiger partial charge in [0.05, 0.1) is 20.6 Å². The zero-order chi connectivity index (χ0) is 23.5. The molecular weight excluding hydrogens is 440 g/mol. The standard InChI is InChI=1S/C25H27ClN4O3/c1-16(2)30-22(31)13-21-23(27-25(26)28-24(21)30)29(14-17-5-9-19(32-3)10-6-17)15-18-7-11-20(33-4)12-8-18/h5-12,16H,13-15H2,1-4H3. The maximum atomic E-state index is 12.8. The Labute approximate surface area is 198 Å². The van der Waals surface area contributed by atoms with Gasteiger partial charge in [-0.3, -0.25) is 9.69 Å². The monoisotopic (exact) mass is 466 g/mol. The number of ether oxygens (including phenoxy) is 2. The summed E-state index contributed by atoms with van der Waals surface area (Å²) in [5.74, 6) is 2.87. The topological polar surface area (TPSA) is 67.8 Å². The van der Waals surface area contributed by atoms with Crippen molar-refractivity contribution < 1.29 is 14.3 Å². The van der Waals surface area contributed by atoms with E-state index in [0.717, 1.165) is 28.2 Å². The number of carbonyl (C=O) groups is 1. The van der Waals surface area contributed by atoms with Crippen molar-refractivity contribution in [3.05, 3.63) is 70.5 Å². The van der Waals surface area contributed by atoms with Crippen molar-refractivity contribution in [2.75, 3.05) is 24.0 Å². The molecule has 0 unspecified atom stereocenters. The van der Waals surface area contributed by atoms with Crippen molar-refractivity contribution in [1.82, 2.24) is 9.97 Å². The number of methoxy groups -OCH3 is 2. The average Bonchev–Trinajstić information content (AvgIpc) is 3.14. The number of amides is 1. The van der Waals surface area contributed by atoms with Crippen LogP contribution in [0.3, 0.4) is 0 Å². The van der Waals surface area contributed by atoms with Crippen LogP contribution in [0.4, 0.5) is 11.6 Å². The van der Waals surface area contributed by atoms with Gasteiger partial charge in [0.2, 0.25) is 11.2 Å². The first-order valence-corrected chi connectivity index (χ1v) is 11.2. The molecule has 0 saturated carbocycles. The van der Waals surface area contributed by atoms with Crippen molar-refractivity contribution in [2.45, 2.75) is 39.4 Å². The Morgan fingerprint density at radius 1 is 0.939 bits per heavy atom. The highest BCUT2D eigenvalue weighted by Gasteiger charge is 2.35. The Kier molecular flexibility index (Phi) is 6.70. The van der Waals surface area contributed by atoms with Gasteiger partial charge in [0, 0.05) is 24.7 Å². The van der Waals surface area contributed by atoms with Crippen molar-refractivity contribution in [3.8, 4) is 11.5 Å². The fraction of sp³-hybridized carbons (Fsp3) is 0.320.